The predicted molar refractivity (Wildman–Crippen MR) is 106 cm³/mol. The van der Waals surface area contributed by atoms with Crippen molar-refractivity contribution in [2.24, 2.45) is 4.99 Å². The highest BCUT2D eigenvalue weighted by Crippen LogP contribution is 2.29. The molecule has 0 aliphatic rings. The van der Waals surface area contributed by atoms with Gasteiger partial charge in [-0.15, -0.1) is 0 Å². The molecule has 27 heavy (non-hydrogen) atoms. The molecule has 0 spiro atoms. The lowest BCUT2D eigenvalue weighted by molar-refractivity contribution is -0.132. The van der Waals surface area contributed by atoms with Crippen LogP contribution in [0.5, 0.6) is 5.75 Å². The summed E-state index contributed by atoms with van der Waals surface area (Å²) >= 11 is 0. The van der Waals surface area contributed by atoms with Crippen molar-refractivity contribution in [2.75, 3.05) is 6.54 Å². The van der Waals surface area contributed by atoms with Gasteiger partial charge in [-0.3, -0.25) is 4.99 Å². The lowest BCUT2D eigenvalue weighted by atomic mass is 10.00. The molecule has 0 saturated heterocycles. The first-order valence-electron chi connectivity index (χ1n) is 8.39. The molecule has 0 fully saturated rings. The normalized spacial score (nSPS) is 13.6. The monoisotopic (exact) mass is 373 g/mol. The van der Waals surface area contributed by atoms with E-state index in [4.69, 9.17) is 0 Å². The van der Waals surface area contributed by atoms with Crippen LogP contribution in [0.15, 0.2) is 64.4 Å². The molecule has 6 heteroatoms. The van der Waals surface area contributed by atoms with Crippen molar-refractivity contribution < 1.29 is 24.5 Å². The number of hydrogen-bond acceptors (Lipinski definition) is 4. The standard InChI is InChI=1S/C21H24FNO4/c1-5-9-23-12-16(21(26)27)19(25)11-14(3)13(2)10-15(4)20-17(22)7-6-8-18(20)24/h6-8,10-12,24-25H,4-5,9H2,1-3H3,(H,26,27)/b13-10+,14-11+,19-16-,23-12?. The molecule has 1 aromatic carbocycles. The Labute approximate surface area is 158 Å². The number of aliphatic hydroxyl groups is 1. The van der Waals surface area contributed by atoms with Gasteiger partial charge in [-0.2, -0.15) is 0 Å². The molecule has 0 bridgehead atoms. The second-order valence-electron chi connectivity index (χ2n) is 5.95. The van der Waals surface area contributed by atoms with E-state index in [1.807, 2.05) is 6.92 Å². The Balaban J connectivity index is 3.19. The second kappa shape index (κ2) is 10.1. The van der Waals surface area contributed by atoms with Gasteiger partial charge in [0, 0.05) is 12.8 Å². The number of aliphatic hydroxyl groups excluding tert-OH is 1. The van der Waals surface area contributed by atoms with Crippen LogP contribution in [-0.4, -0.2) is 34.0 Å². The number of halogens is 1. The summed E-state index contributed by atoms with van der Waals surface area (Å²) in [5.74, 6) is -2.56. The SMILES string of the molecule is C=C(/C=C(C)/C(C)=C/C(O)=C(\C=NCCC)C(=O)O)c1c(O)cccc1F. The molecule has 5 nitrogen and oxygen atoms in total. The second-order valence-corrected chi connectivity index (χ2v) is 5.95. The van der Waals surface area contributed by atoms with Crippen LogP contribution in [0.25, 0.3) is 5.57 Å². The molecule has 0 atom stereocenters. The van der Waals surface area contributed by atoms with Crippen LogP contribution < -0.4 is 0 Å². The van der Waals surface area contributed by atoms with Gasteiger partial charge in [0.1, 0.15) is 22.9 Å². The largest absolute Gasteiger partial charge is 0.507 e. The molecule has 0 aliphatic carbocycles. The molecule has 0 aromatic heterocycles. The summed E-state index contributed by atoms with van der Waals surface area (Å²) in [4.78, 5) is 15.2. The van der Waals surface area contributed by atoms with E-state index >= 15 is 0 Å². The van der Waals surface area contributed by atoms with E-state index in [9.17, 15) is 24.5 Å². The quantitative estimate of drug-likeness (QED) is 0.264. The number of phenolic OH excluding ortho intramolecular Hbond substituents is 1. The zero-order valence-electron chi connectivity index (χ0n) is 15.7. The van der Waals surface area contributed by atoms with Crippen molar-refractivity contribution >= 4 is 17.8 Å². The number of phenols is 1. The van der Waals surface area contributed by atoms with Crippen molar-refractivity contribution in [1.82, 2.24) is 0 Å². The fourth-order valence-corrected chi connectivity index (χ4v) is 2.19. The minimum atomic E-state index is -1.29. The Bertz CT molecular complexity index is 827. The van der Waals surface area contributed by atoms with Crippen LogP contribution in [-0.2, 0) is 4.79 Å². The summed E-state index contributed by atoms with van der Waals surface area (Å²) in [6, 6.07) is 3.97. The van der Waals surface area contributed by atoms with Crippen LogP contribution in [0.3, 0.4) is 0 Å². The van der Waals surface area contributed by atoms with Crippen LogP contribution in [0.1, 0.15) is 32.8 Å². The Morgan fingerprint density at radius 3 is 2.41 bits per heavy atom. The van der Waals surface area contributed by atoms with Crippen LogP contribution in [0.4, 0.5) is 4.39 Å². The van der Waals surface area contributed by atoms with Crippen molar-refractivity contribution in [2.45, 2.75) is 27.2 Å². The zero-order chi connectivity index (χ0) is 20.6. The van der Waals surface area contributed by atoms with Gasteiger partial charge in [-0.25, -0.2) is 9.18 Å². The van der Waals surface area contributed by atoms with Gasteiger partial charge in [-0.05, 0) is 55.2 Å². The summed E-state index contributed by atoms with van der Waals surface area (Å²) in [7, 11) is 0. The maximum atomic E-state index is 13.9. The fraction of sp³-hybridized carbons (Fsp3) is 0.238. The highest BCUT2D eigenvalue weighted by molar-refractivity contribution is 6.09. The predicted octanol–water partition coefficient (Wildman–Crippen LogP) is 4.81. The molecule has 0 aliphatic heterocycles. The Morgan fingerprint density at radius 2 is 1.85 bits per heavy atom. The minimum Gasteiger partial charge on any atom is -0.507 e. The third kappa shape index (κ3) is 6.26. The van der Waals surface area contributed by atoms with E-state index in [0.29, 0.717) is 17.7 Å². The molecule has 0 unspecified atom stereocenters. The highest BCUT2D eigenvalue weighted by atomic mass is 19.1. The van der Waals surface area contributed by atoms with E-state index < -0.39 is 17.5 Å². The van der Waals surface area contributed by atoms with E-state index in [1.54, 1.807) is 19.9 Å². The van der Waals surface area contributed by atoms with Gasteiger partial charge in [0.25, 0.3) is 0 Å². The van der Waals surface area contributed by atoms with E-state index in [0.717, 1.165) is 12.6 Å². The Morgan fingerprint density at radius 1 is 1.22 bits per heavy atom. The third-order valence-corrected chi connectivity index (χ3v) is 3.76. The molecule has 1 rings (SSSR count). The number of aliphatic carboxylic acids is 1. The number of rotatable bonds is 8. The van der Waals surface area contributed by atoms with Crippen LogP contribution in [0.2, 0.25) is 0 Å². The maximum Gasteiger partial charge on any atom is 0.341 e. The fourth-order valence-electron chi connectivity index (χ4n) is 2.19. The van der Waals surface area contributed by atoms with Gasteiger partial charge >= 0.3 is 5.97 Å². The van der Waals surface area contributed by atoms with Gasteiger partial charge in [0.15, 0.2) is 0 Å². The Kier molecular flexibility index (Phi) is 8.20. The molecule has 0 saturated carbocycles. The van der Waals surface area contributed by atoms with E-state index in [-0.39, 0.29) is 22.5 Å². The maximum absolute atomic E-state index is 13.9. The summed E-state index contributed by atoms with van der Waals surface area (Å²) in [5.41, 5.74) is 1.09. The summed E-state index contributed by atoms with van der Waals surface area (Å²) in [6.07, 6.45) is 4.72. The topological polar surface area (TPSA) is 90.1 Å². The van der Waals surface area contributed by atoms with Gasteiger partial charge in [0.05, 0.1) is 5.56 Å². The number of carboxylic acid groups (broad SMARTS) is 1. The summed E-state index contributed by atoms with van der Waals surface area (Å²) in [5, 5.41) is 29.2. The summed E-state index contributed by atoms with van der Waals surface area (Å²) < 4.78 is 13.9. The lowest BCUT2D eigenvalue weighted by Gasteiger charge is -2.08. The molecule has 1 aromatic rings. The number of hydrogen-bond donors (Lipinski definition) is 3. The number of aliphatic imine (C=N–C) groups is 1. The van der Waals surface area contributed by atoms with Crippen molar-refractivity contribution in [3.8, 4) is 5.75 Å². The van der Waals surface area contributed by atoms with Gasteiger partial charge in [0.2, 0.25) is 0 Å². The van der Waals surface area contributed by atoms with Crippen molar-refractivity contribution in [3.63, 3.8) is 0 Å². The minimum absolute atomic E-state index is 0.0117. The average Bonchev–Trinajstić information content (AvgIpc) is 2.57. The Hall–Kier alpha value is -3.15. The van der Waals surface area contributed by atoms with Crippen molar-refractivity contribution in [1.29, 1.82) is 0 Å². The highest BCUT2D eigenvalue weighted by Gasteiger charge is 2.12. The van der Waals surface area contributed by atoms with Crippen LogP contribution in [0, 0.1) is 5.82 Å². The first-order valence-corrected chi connectivity index (χ1v) is 8.39. The van der Waals surface area contributed by atoms with E-state index in [1.165, 1.54) is 24.3 Å². The number of benzene rings is 1. The molecule has 0 heterocycles. The molecule has 0 radical (unpaired) electrons. The molecule has 144 valence electrons. The first kappa shape index (κ1) is 21.9. The van der Waals surface area contributed by atoms with Crippen LogP contribution >= 0.6 is 0 Å². The smallest absolute Gasteiger partial charge is 0.341 e. The number of carboxylic acids is 1. The first-order chi connectivity index (χ1) is 12.7. The third-order valence-electron chi connectivity index (χ3n) is 3.76. The van der Waals surface area contributed by atoms with Gasteiger partial charge in [-0.1, -0.05) is 25.6 Å². The number of carbonyl (C=O) groups is 1. The number of aromatic hydroxyl groups is 1. The molecular formula is C21H24FNO4. The van der Waals surface area contributed by atoms with Crippen molar-refractivity contribution in [3.05, 3.63) is 70.8 Å². The molecule has 0 amide bonds. The zero-order valence-corrected chi connectivity index (χ0v) is 15.7. The molecular weight excluding hydrogens is 349 g/mol. The summed E-state index contributed by atoms with van der Waals surface area (Å²) in [6.45, 7) is 9.49. The number of allylic oxidation sites excluding steroid dienone is 5. The molecule has 3 N–H and O–H groups in total. The number of nitrogens with zero attached hydrogens (tertiary/aromatic N) is 1. The lowest BCUT2D eigenvalue weighted by Crippen LogP contribution is -2.06. The average molecular weight is 373 g/mol. The van der Waals surface area contributed by atoms with E-state index in [2.05, 4.69) is 11.6 Å². The van der Waals surface area contributed by atoms with Gasteiger partial charge < -0.3 is 15.3 Å².